The molecule has 396 valence electrons. The van der Waals surface area contributed by atoms with E-state index in [1.54, 1.807) is 0 Å². The first kappa shape index (κ1) is 65.8. The van der Waals surface area contributed by atoms with Gasteiger partial charge in [0.25, 0.3) is 0 Å². The van der Waals surface area contributed by atoms with Crippen LogP contribution >= 0.6 is 0 Å². The van der Waals surface area contributed by atoms with Crippen LogP contribution in [-0.2, 0) is 28.6 Å². The smallest absolute Gasteiger partial charge is 0.306 e. The van der Waals surface area contributed by atoms with Crippen molar-refractivity contribution in [1.82, 2.24) is 0 Å². The lowest BCUT2D eigenvalue weighted by Crippen LogP contribution is -2.30. The fourth-order valence-electron chi connectivity index (χ4n) is 7.49. The average molecular weight is 970 g/mol. The molecule has 0 saturated carbocycles. The first-order chi connectivity index (χ1) is 34.5. The van der Waals surface area contributed by atoms with Crippen molar-refractivity contribution < 1.29 is 28.6 Å². The van der Waals surface area contributed by atoms with E-state index in [1.807, 2.05) is 0 Å². The molecule has 1 unspecified atom stereocenters. The molecule has 0 aliphatic rings. The van der Waals surface area contributed by atoms with E-state index in [1.165, 1.54) is 57.8 Å². The molecule has 0 aromatic carbocycles. The lowest BCUT2D eigenvalue weighted by Gasteiger charge is -2.18. The van der Waals surface area contributed by atoms with Crippen molar-refractivity contribution in [2.24, 2.45) is 0 Å². The van der Waals surface area contributed by atoms with Gasteiger partial charge in [0, 0.05) is 19.3 Å². The number of allylic oxidation sites excluding steroid dienone is 20. The third-order valence-corrected chi connectivity index (χ3v) is 11.7. The molecule has 0 N–H and O–H groups in total. The van der Waals surface area contributed by atoms with E-state index in [0.717, 1.165) is 148 Å². The Morgan fingerprint density at radius 3 is 0.871 bits per heavy atom. The number of carbonyl (C=O) groups excluding carboxylic acids is 3. The standard InChI is InChI=1S/C64H104O6/c1-4-7-10-13-16-19-22-24-26-28-29-30-31-32-33-34-35-37-38-40-42-45-48-51-54-57-63(66)69-60-61(59-68-62(65)56-53-50-47-44-21-18-15-12-9-6-3)70-64(67)58-55-52-49-46-43-41-39-36-27-25-23-20-17-14-11-8-5-2/h7-8,10-11,16-17,19-20,24-27,29-30,32-33,35,37,39,41,61H,4-6,9,12-15,18,21-23,28,31,34,36,38,40,42-60H2,1-3H3/b10-7-,11-8-,19-16-,20-17-,26-24-,27-25-,30-29-,33-32-,37-35-,41-39-. The SMILES string of the molecule is CC/C=C\C/C=C\C/C=C\C/C=C\C/C=C\C/C=C\CCCCCCCCC(=O)OCC(COC(=O)CCCCCCCCCCCC)OC(=O)CCCCCC/C=C\C/C=C\C/C=C\C/C=C\CC. The maximum Gasteiger partial charge on any atom is 0.306 e. The second kappa shape index (κ2) is 57.4. The van der Waals surface area contributed by atoms with E-state index < -0.39 is 6.10 Å². The Balaban J connectivity index is 4.38. The minimum absolute atomic E-state index is 0.0942. The fourth-order valence-corrected chi connectivity index (χ4v) is 7.49. The number of ether oxygens (including phenoxy) is 3. The van der Waals surface area contributed by atoms with Gasteiger partial charge in [-0.2, -0.15) is 0 Å². The minimum Gasteiger partial charge on any atom is -0.462 e. The Bertz CT molecular complexity index is 1490. The summed E-state index contributed by atoms with van der Waals surface area (Å²) in [6, 6.07) is 0. The van der Waals surface area contributed by atoms with Gasteiger partial charge < -0.3 is 14.2 Å². The van der Waals surface area contributed by atoms with Gasteiger partial charge in [-0.25, -0.2) is 0 Å². The molecule has 0 spiro atoms. The normalized spacial score (nSPS) is 13.0. The van der Waals surface area contributed by atoms with Crippen molar-refractivity contribution in [2.75, 3.05) is 13.2 Å². The highest BCUT2D eigenvalue weighted by Gasteiger charge is 2.19. The Morgan fingerprint density at radius 1 is 0.300 bits per heavy atom. The van der Waals surface area contributed by atoms with E-state index in [-0.39, 0.29) is 31.1 Å². The number of hydrogen-bond donors (Lipinski definition) is 0. The van der Waals surface area contributed by atoms with Crippen molar-refractivity contribution in [3.05, 3.63) is 122 Å². The van der Waals surface area contributed by atoms with Crippen molar-refractivity contribution >= 4 is 17.9 Å². The summed E-state index contributed by atoms with van der Waals surface area (Å²) in [4.78, 5) is 38.1. The van der Waals surface area contributed by atoms with Crippen LogP contribution < -0.4 is 0 Å². The van der Waals surface area contributed by atoms with Crippen LogP contribution in [0.15, 0.2) is 122 Å². The lowest BCUT2D eigenvalue weighted by molar-refractivity contribution is -0.167. The zero-order valence-corrected chi connectivity index (χ0v) is 45.2. The van der Waals surface area contributed by atoms with Crippen LogP contribution in [0.2, 0.25) is 0 Å². The second-order valence-corrected chi connectivity index (χ2v) is 18.4. The minimum atomic E-state index is -0.799. The molecule has 6 nitrogen and oxygen atoms in total. The highest BCUT2D eigenvalue weighted by atomic mass is 16.6. The maximum absolute atomic E-state index is 12.8. The molecule has 1 atom stereocenters. The molecule has 0 rings (SSSR count). The third kappa shape index (κ3) is 54.7. The van der Waals surface area contributed by atoms with Gasteiger partial charge in [-0.3, -0.25) is 14.4 Å². The summed E-state index contributed by atoms with van der Waals surface area (Å²) in [5.41, 5.74) is 0. The molecule has 0 aromatic heterocycles. The predicted octanol–water partition coefficient (Wildman–Crippen LogP) is 19.3. The van der Waals surface area contributed by atoms with Crippen molar-refractivity contribution in [3.63, 3.8) is 0 Å². The molecule has 6 heteroatoms. The van der Waals surface area contributed by atoms with Gasteiger partial charge in [0.05, 0.1) is 0 Å². The quantitative estimate of drug-likeness (QED) is 0.0262. The number of carbonyl (C=O) groups is 3. The molecule has 0 aliphatic carbocycles. The summed E-state index contributed by atoms with van der Waals surface area (Å²) in [6.07, 6.45) is 79.0. The maximum atomic E-state index is 12.8. The monoisotopic (exact) mass is 969 g/mol. The van der Waals surface area contributed by atoms with Crippen LogP contribution in [0.5, 0.6) is 0 Å². The summed E-state index contributed by atoms with van der Waals surface area (Å²) in [7, 11) is 0. The summed E-state index contributed by atoms with van der Waals surface area (Å²) >= 11 is 0. The third-order valence-electron chi connectivity index (χ3n) is 11.7. The number of hydrogen-bond acceptors (Lipinski definition) is 6. The summed E-state index contributed by atoms with van der Waals surface area (Å²) in [5, 5.41) is 0. The van der Waals surface area contributed by atoms with E-state index in [2.05, 4.69) is 142 Å². The van der Waals surface area contributed by atoms with E-state index in [9.17, 15) is 14.4 Å². The molecule has 70 heavy (non-hydrogen) atoms. The summed E-state index contributed by atoms with van der Waals surface area (Å²) in [5.74, 6) is -0.937. The number of rotatable bonds is 50. The van der Waals surface area contributed by atoms with Crippen LogP contribution in [0, 0.1) is 0 Å². The van der Waals surface area contributed by atoms with Crippen LogP contribution in [0.25, 0.3) is 0 Å². The van der Waals surface area contributed by atoms with Gasteiger partial charge in [0.1, 0.15) is 13.2 Å². The average Bonchev–Trinajstić information content (AvgIpc) is 3.36. The lowest BCUT2D eigenvalue weighted by atomic mass is 10.1. The molecule has 0 heterocycles. The van der Waals surface area contributed by atoms with Crippen LogP contribution in [0.3, 0.4) is 0 Å². The molecule has 0 aliphatic heterocycles. The van der Waals surface area contributed by atoms with Crippen LogP contribution in [0.4, 0.5) is 0 Å². The predicted molar refractivity (Wildman–Crippen MR) is 302 cm³/mol. The second-order valence-electron chi connectivity index (χ2n) is 18.4. The largest absolute Gasteiger partial charge is 0.462 e. The molecular formula is C64H104O6. The zero-order valence-electron chi connectivity index (χ0n) is 45.2. The molecule has 0 bridgehead atoms. The van der Waals surface area contributed by atoms with Gasteiger partial charge >= 0.3 is 17.9 Å². The Morgan fingerprint density at radius 2 is 0.557 bits per heavy atom. The number of esters is 3. The zero-order chi connectivity index (χ0) is 50.7. The summed E-state index contributed by atoms with van der Waals surface area (Å²) < 4.78 is 16.8. The Hall–Kier alpha value is -4.19. The van der Waals surface area contributed by atoms with E-state index in [4.69, 9.17) is 14.2 Å². The topological polar surface area (TPSA) is 78.9 Å². The highest BCUT2D eigenvalue weighted by molar-refractivity contribution is 5.71. The van der Waals surface area contributed by atoms with E-state index >= 15 is 0 Å². The van der Waals surface area contributed by atoms with Gasteiger partial charge in [-0.05, 0) is 109 Å². The van der Waals surface area contributed by atoms with Crippen LogP contribution in [-0.4, -0.2) is 37.2 Å². The van der Waals surface area contributed by atoms with Crippen molar-refractivity contribution in [3.8, 4) is 0 Å². The molecular weight excluding hydrogens is 865 g/mol. The van der Waals surface area contributed by atoms with E-state index in [0.29, 0.717) is 19.3 Å². The van der Waals surface area contributed by atoms with Gasteiger partial charge in [-0.15, -0.1) is 0 Å². The first-order valence-electron chi connectivity index (χ1n) is 28.5. The van der Waals surface area contributed by atoms with Crippen molar-refractivity contribution in [2.45, 2.75) is 252 Å². The molecule has 0 amide bonds. The van der Waals surface area contributed by atoms with Gasteiger partial charge in [0.15, 0.2) is 6.10 Å². The molecule has 0 radical (unpaired) electrons. The van der Waals surface area contributed by atoms with Gasteiger partial charge in [-0.1, -0.05) is 239 Å². The van der Waals surface area contributed by atoms with Gasteiger partial charge in [0.2, 0.25) is 0 Å². The fraction of sp³-hybridized carbons (Fsp3) is 0.641. The van der Waals surface area contributed by atoms with Crippen LogP contribution in [0.1, 0.15) is 245 Å². The first-order valence-corrected chi connectivity index (χ1v) is 28.5. The Labute approximate surface area is 431 Å². The number of unbranched alkanes of at least 4 members (excludes halogenated alkanes) is 19. The molecule has 0 saturated heterocycles. The molecule has 0 aromatic rings. The summed E-state index contributed by atoms with van der Waals surface area (Å²) in [6.45, 7) is 6.36. The highest BCUT2D eigenvalue weighted by Crippen LogP contribution is 2.14. The molecule has 0 fully saturated rings. The Kier molecular flexibility index (Phi) is 54.0. The van der Waals surface area contributed by atoms with Crippen molar-refractivity contribution in [1.29, 1.82) is 0 Å².